The van der Waals surface area contributed by atoms with Gasteiger partial charge in [0.2, 0.25) is 5.91 Å². The molecule has 7 nitrogen and oxygen atoms in total. The smallest absolute Gasteiger partial charge is 0.226 e. The van der Waals surface area contributed by atoms with E-state index in [4.69, 9.17) is 11.6 Å². The van der Waals surface area contributed by atoms with Gasteiger partial charge in [-0.2, -0.15) is 5.10 Å². The molecule has 25 heavy (non-hydrogen) atoms. The number of carbonyl (C=O) groups is 1. The third-order valence-corrected chi connectivity index (χ3v) is 4.86. The molecule has 0 aromatic carbocycles. The molecule has 0 bridgehead atoms. The second-order valence-electron chi connectivity index (χ2n) is 6.74. The first-order valence-electron chi connectivity index (χ1n) is 8.17. The number of rotatable bonds is 8. The predicted octanol–water partition coefficient (Wildman–Crippen LogP) is 2.75. The molecule has 2 N–H and O–H groups in total. The first kappa shape index (κ1) is 19.8. The molecule has 9 heteroatoms. The van der Waals surface area contributed by atoms with Crippen molar-refractivity contribution in [2.45, 2.75) is 45.4 Å². The lowest BCUT2D eigenvalue weighted by atomic mass is 9.95. The average Bonchev–Trinajstić information content (AvgIpc) is 2.97. The molecular weight excluding hydrogens is 360 g/mol. The van der Waals surface area contributed by atoms with Crippen molar-refractivity contribution in [2.75, 3.05) is 24.0 Å². The summed E-state index contributed by atoms with van der Waals surface area (Å²) < 4.78 is 1.79. The second kappa shape index (κ2) is 8.23. The molecule has 2 rings (SSSR count). The Bertz CT molecular complexity index is 746. The van der Waals surface area contributed by atoms with Crippen LogP contribution in [0.5, 0.6) is 0 Å². The normalized spacial score (nSPS) is 12.0. The molecule has 0 saturated heterocycles. The molecule has 0 radical (unpaired) electrons. The molecule has 0 spiro atoms. The van der Waals surface area contributed by atoms with Crippen molar-refractivity contribution in [3.8, 4) is 0 Å². The number of aromatic nitrogens is 4. The molecule has 2 aromatic rings. The minimum Gasteiger partial charge on any atom is -0.367 e. The van der Waals surface area contributed by atoms with Crippen LogP contribution in [0.4, 0.5) is 5.82 Å². The lowest BCUT2D eigenvalue weighted by Crippen LogP contribution is -2.39. The fourth-order valence-electron chi connectivity index (χ4n) is 2.15. The van der Waals surface area contributed by atoms with Crippen LogP contribution in [-0.4, -0.2) is 50.4 Å². The zero-order chi connectivity index (χ0) is 18.6. The third kappa shape index (κ3) is 4.76. The lowest BCUT2D eigenvalue weighted by molar-refractivity contribution is -0.128. The van der Waals surface area contributed by atoms with E-state index < -0.39 is 5.41 Å². The maximum Gasteiger partial charge on any atom is 0.226 e. The van der Waals surface area contributed by atoms with Gasteiger partial charge in [0.15, 0.2) is 10.8 Å². The Morgan fingerprint density at radius 3 is 2.72 bits per heavy atom. The highest BCUT2D eigenvalue weighted by Crippen LogP contribution is 2.24. The van der Waals surface area contributed by atoms with Gasteiger partial charge in [-0.1, -0.05) is 11.8 Å². The van der Waals surface area contributed by atoms with Gasteiger partial charge in [-0.15, -0.1) is 11.6 Å². The van der Waals surface area contributed by atoms with Crippen molar-refractivity contribution < 1.29 is 4.79 Å². The van der Waals surface area contributed by atoms with E-state index >= 15 is 0 Å². The summed E-state index contributed by atoms with van der Waals surface area (Å²) in [4.78, 5) is 21.2. The van der Waals surface area contributed by atoms with Crippen LogP contribution in [0.3, 0.4) is 0 Å². The summed E-state index contributed by atoms with van der Waals surface area (Å²) in [5, 5.41) is 12.2. The van der Waals surface area contributed by atoms with E-state index in [9.17, 15) is 4.79 Å². The predicted molar refractivity (Wildman–Crippen MR) is 103 cm³/mol. The van der Waals surface area contributed by atoms with E-state index in [2.05, 4.69) is 39.5 Å². The van der Waals surface area contributed by atoms with E-state index in [1.54, 1.807) is 10.9 Å². The van der Waals surface area contributed by atoms with E-state index in [0.29, 0.717) is 18.2 Å². The summed E-state index contributed by atoms with van der Waals surface area (Å²) in [7, 11) is 0. The van der Waals surface area contributed by atoms with Crippen LogP contribution >= 0.6 is 23.4 Å². The second-order valence-corrected chi connectivity index (χ2v) is 7.78. The Morgan fingerprint density at radius 2 is 2.12 bits per heavy atom. The van der Waals surface area contributed by atoms with Crippen molar-refractivity contribution in [2.24, 2.45) is 5.41 Å². The Kier molecular flexibility index (Phi) is 6.51. The van der Waals surface area contributed by atoms with Crippen LogP contribution in [0, 0.1) is 5.41 Å². The molecule has 1 amide bonds. The molecule has 0 fully saturated rings. The number of amides is 1. The summed E-state index contributed by atoms with van der Waals surface area (Å²) in [5.41, 5.74) is 0.171. The summed E-state index contributed by atoms with van der Waals surface area (Å²) in [6.45, 7) is 8.75. The summed E-state index contributed by atoms with van der Waals surface area (Å²) in [6.07, 6.45) is 3.70. The molecule has 2 aromatic heterocycles. The van der Waals surface area contributed by atoms with Crippen molar-refractivity contribution in [3.63, 3.8) is 0 Å². The van der Waals surface area contributed by atoms with Crippen LogP contribution in [0.2, 0.25) is 0 Å². The maximum atomic E-state index is 12.1. The van der Waals surface area contributed by atoms with Gasteiger partial charge in [-0.05, 0) is 34.0 Å². The van der Waals surface area contributed by atoms with Gasteiger partial charge in [-0.25, -0.2) is 14.6 Å². The molecular formula is C16H25ClN6OS. The van der Waals surface area contributed by atoms with Crippen molar-refractivity contribution in [3.05, 3.63) is 6.20 Å². The number of halogens is 1. The van der Waals surface area contributed by atoms with Gasteiger partial charge in [-0.3, -0.25) is 4.79 Å². The summed E-state index contributed by atoms with van der Waals surface area (Å²) in [6, 6.07) is 0.258. The first-order valence-corrected chi connectivity index (χ1v) is 9.92. The Hall–Kier alpha value is -1.54. The zero-order valence-corrected chi connectivity index (χ0v) is 16.8. The molecule has 0 saturated carbocycles. The standard InChI is InChI=1S/C16H25ClN6OS/c1-10(2)20-12-11-8-19-23(13(11)22-15(21-12)25-5)7-6-18-14(24)16(3,4)9-17/h8,10H,6-7,9H2,1-5H3,(H,18,24)(H,20,21,22). The topological polar surface area (TPSA) is 84.7 Å². The number of thioether (sulfide) groups is 1. The van der Waals surface area contributed by atoms with Crippen LogP contribution in [-0.2, 0) is 11.3 Å². The number of anilines is 1. The SMILES string of the molecule is CSc1nc(NC(C)C)c2cnn(CCNC(=O)C(C)(C)CCl)c2n1. The van der Waals surface area contributed by atoms with Crippen molar-refractivity contribution in [1.82, 2.24) is 25.1 Å². The van der Waals surface area contributed by atoms with Gasteiger partial charge in [0.1, 0.15) is 5.82 Å². The van der Waals surface area contributed by atoms with E-state index in [0.717, 1.165) is 16.9 Å². The number of carbonyl (C=O) groups excluding carboxylic acids is 1. The zero-order valence-electron chi connectivity index (χ0n) is 15.3. The number of alkyl halides is 1. The maximum absolute atomic E-state index is 12.1. The van der Waals surface area contributed by atoms with Crippen molar-refractivity contribution in [1.29, 1.82) is 0 Å². The van der Waals surface area contributed by atoms with E-state index in [-0.39, 0.29) is 17.8 Å². The first-order chi connectivity index (χ1) is 11.8. The van der Waals surface area contributed by atoms with Crippen LogP contribution in [0.15, 0.2) is 11.4 Å². The highest BCUT2D eigenvalue weighted by atomic mass is 35.5. The monoisotopic (exact) mass is 384 g/mol. The molecule has 0 aliphatic rings. The number of hydrogen-bond acceptors (Lipinski definition) is 6. The molecule has 0 aliphatic heterocycles. The quantitative estimate of drug-likeness (QED) is 0.413. The highest BCUT2D eigenvalue weighted by Gasteiger charge is 2.26. The molecule has 2 heterocycles. The van der Waals surface area contributed by atoms with E-state index in [1.165, 1.54) is 11.8 Å². The van der Waals surface area contributed by atoms with Gasteiger partial charge < -0.3 is 10.6 Å². The fraction of sp³-hybridized carbons (Fsp3) is 0.625. The number of hydrogen-bond donors (Lipinski definition) is 2. The van der Waals surface area contributed by atoms with Gasteiger partial charge >= 0.3 is 0 Å². The minimum absolute atomic E-state index is 0.0689. The Labute approximate surface area is 157 Å². The third-order valence-electron chi connectivity index (χ3n) is 3.64. The van der Waals surface area contributed by atoms with Gasteiger partial charge in [0.05, 0.1) is 23.5 Å². The number of fused-ring (bicyclic) bond motifs is 1. The molecule has 0 atom stereocenters. The van der Waals surface area contributed by atoms with Gasteiger partial charge in [0, 0.05) is 18.5 Å². The lowest BCUT2D eigenvalue weighted by Gasteiger charge is -2.20. The van der Waals surface area contributed by atoms with Crippen LogP contribution < -0.4 is 10.6 Å². The average molecular weight is 385 g/mol. The molecule has 138 valence electrons. The van der Waals surface area contributed by atoms with Gasteiger partial charge in [0.25, 0.3) is 0 Å². The summed E-state index contributed by atoms with van der Waals surface area (Å²) in [5.74, 6) is 0.987. The Balaban J connectivity index is 2.18. The molecule has 0 aliphatic carbocycles. The number of nitrogens with zero attached hydrogens (tertiary/aromatic N) is 4. The Morgan fingerprint density at radius 1 is 1.40 bits per heavy atom. The highest BCUT2D eigenvalue weighted by molar-refractivity contribution is 7.98. The summed E-state index contributed by atoms with van der Waals surface area (Å²) >= 11 is 7.32. The van der Waals surface area contributed by atoms with Crippen LogP contribution in [0.25, 0.3) is 11.0 Å². The molecule has 0 unspecified atom stereocenters. The van der Waals surface area contributed by atoms with E-state index in [1.807, 2.05) is 20.1 Å². The fourth-order valence-corrected chi connectivity index (χ4v) is 2.63. The van der Waals surface area contributed by atoms with Crippen LogP contribution in [0.1, 0.15) is 27.7 Å². The largest absolute Gasteiger partial charge is 0.367 e. The minimum atomic E-state index is -0.587. The van der Waals surface area contributed by atoms with Crippen molar-refractivity contribution >= 4 is 46.1 Å². The number of nitrogens with one attached hydrogen (secondary N) is 2.